The molecule has 3 aromatic rings. The summed E-state index contributed by atoms with van der Waals surface area (Å²) in [6, 6.07) is 3.87. The predicted molar refractivity (Wildman–Crippen MR) is 107 cm³/mol. The highest BCUT2D eigenvalue weighted by Gasteiger charge is 2.25. The van der Waals surface area contributed by atoms with E-state index in [4.69, 9.17) is 4.98 Å². The third-order valence-corrected chi connectivity index (χ3v) is 6.37. The minimum atomic E-state index is -0.000183. The summed E-state index contributed by atoms with van der Waals surface area (Å²) in [5.74, 6) is 0.510. The Labute approximate surface area is 162 Å². The van der Waals surface area contributed by atoms with Gasteiger partial charge in [-0.3, -0.25) is 14.5 Å². The van der Waals surface area contributed by atoms with Crippen LogP contribution in [0.3, 0.4) is 0 Å². The van der Waals surface area contributed by atoms with Gasteiger partial charge >= 0.3 is 0 Å². The largest absolute Gasteiger partial charge is 0.348 e. The number of pyridine rings is 1. The van der Waals surface area contributed by atoms with E-state index in [1.807, 2.05) is 50.4 Å². The Morgan fingerprint density at radius 1 is 1.37 bits per heavy atom. The standard InChI is InChI=1S/C19H24N6OS/c1-13-10-15(22-24(13)3)18(26)23(2)12-14-5-8-25(9-6-14)19-21-16-11-20-7-4-17(16)27-19/h4,7,10-11,14H,5-6,8-9,12H2,1-3H3. The van der Waals surface area contributed by atoms with Gasteiger partial charge < -0.3 is 9.80 Å². The summed E-state index contributed by atoms with van der Waals surface area (Å²) in [5, 5.41) is 5.38. The van der Waals surface area contributed by atoms with Crippen molar-refractivity contribution in [3.05, 3.63) is 35.9 Å². The topological polar surface area (TPSA) is 67.2 Å². The number of hydrogen-bond acceptors (Lipinski definition) is 6. The van der Waals surface area contributed by atoms with Crippen molar-refractivity contribution in [3.63, 3.8) is 0 Å². The van der Waals surface area contributed by atoms with Gasteiger partial charge in [-0.1, -0.05) is 11.3 Å². The van der Waals surface area contributed by atoms with Crippen LogP contribution in [0.25, 0.3) is 10.2 Å². The summed E-state index contributed by atoms with van der Waals surface area (Å²) >= 11 is 1.72. The molecule has 0 unspecified atom stereocenters. The van der Waals surface area contributed by atoms with E-state index in [0.717, 1.165) is 48.8 Å². The van der Waals surface area contributed by atoms with Crippen molar-refractivity contribution in [2.24, 2.45) is 13.0 Å². The van der Waals surface area contributed by atoms with Crippen molar-refractivity contribution in [1.82, 2.24) is 24.6 Å². The van der Waals surface area contributed by atoms with Gasteiger partial charge in [0.2, 0.25) is 0 Å². The van der Waals surface area contributed by atoms with Gasteiger partial charge in [0.25, 0.3) is 5.91 Å². The summed E-state index contributed by atoms with van der Waals surface area (Å²) < 4.78 is 2.92. The van der Waals surface area contributed by atoms with Crippen molar-refractivity contribution in [3.8, 4) is 0 Å². The molecule has 0 N–H and O–H groups in total. The monoisotopic (exact) mass is 384 g/mol. The molecule has 0 radical (unpaired) electrons. The molecule has 1 saturated heterocycles. The number of amides is 1. The summed E-state index contributed by atoms with van der Waals surface area (Å²) in [6.07, 6.45) is 5.76. The van der Waals surface area contributed by atoms with Crippen LogP contribution in [0, 0.1) is 12.8 Å². The molecule has 1 amide bonds. The zero-order valence-electron chi connectivity index (χ0n) is 15.9. The fourth-order valence-electron chi connectivity index (χ4n) is 3.54. The smallest absolute Gasteiger partial charge is 0.274 e. The van der Waals surface area contributed by atoms with E-state index in [2.05, 4.69) is 15.0 Å². The van der Waals surface area contributed by atoms with E-state index in [-0.39, 0.29) is 5.91 Å². The lowest BCUT2D eigenvalue weighted by atomic mass is 9.96. The van der Waals surface area contributed by atoms with Gasteiger partial charge in [0.15, 0.2) is 10.8 Å². The fraction of sp³-hybridized carbons (Fsp3) is 0.474. The highest BCUT2D eigenvalue weighted by atomic mass is 32.1. The van der Waals surface area contributed by atoms with Gasteiger partial charge in [-0.05, 0) is 37.8 Å². The third kappa shape index (κ3) is 3.66. The molecular formula is C19H24N6OS. The Morgan fingerprint density at radius 2 is 2.15 bits per heavy atom. The first-order chi connectivity index (χ1) is 13.0. The molecule has 0 spiro atoms. The van der Waals surface area contributed by atoms with Crippen LogP contribution in [0.1, 0.15) is 29.0 Å². The predicted octanol–water partition coefficient (Wildman–Crippen LogP) is 2.72. The molecule has 142 valence electrons. The molecule has 4 rings (SSSR count). The molecule has 27 heavy (non-hydrogen) atoms. The van der Waals surface area contributed by atoms with Crippen LogP contribution in [0.5, 0.6) is 0 Å². The second-order valence-electron chi connectivity index (χ2n) is 7.25. The Balaban J connectivity index is 1.34. The molecule has 1 aliphatic rings. The third-order valence-electron chi connectivity index (χ3n) is 5.28. The molecule has 0 atom stereocenters. The Kier molecular flexibility index (Phi) is 4.82. The normalized spacial score (nSPS) is 15.4. The van der Waals surface area contributed by atoms with Gasteiger partial charge in [0.1, 0.15) is 5.52 Å². The zero-order valence-corrected chi connectivity index (χ0v) is 16.7. The SMILES string of the molecule is Cc1cc(C(=O)N(C)CC2CCN(c3nc4cnccc4s3)CC2)nn1C. The second-order valence-corrected chi connectivity index (χ2v) is 8.26. The number of anilines is 1. The maximum atomic E-state index is 12.6. The Morgan fingerprint density at radius 3 is 2.81 bits per heavy atom. The lowest BCUT2D eigenvalue weighted by Gasteiger charge is -2.33. The zero-order chi connectivity index (χ0) is 19.0. The quantitative estimate of drug-likeness (QED) is 0.692. The molecule has 8 heteroatoms. The minimum absolute atomic E-state index is 0.000183. The number of rotatable bonds is 4. The lowest BCUT2D eigenvalue weighted by Crippen LogP contribution is -2.39. The number of hydrogen-bond donors (Lipinski definition) is 0. The van der Waals surface area contributed by atoms with E-state index in [1.165, 1.54) is 4.70 Å². The average molecular weight is 385 g/mol. The fourth-order valence-corrected chi connectivity index (χ4v) is 4.52. The van der Waals surface area contributed by atoms with E-state index >= 15 is 0 Å². The minimum Gasteiger partial charge on any atom is -0.348 e. The van der Waals surface area contributed by atoms with Crippen LogP contribution in [0.2, 0.25) is 0 Å². The van der Waals surface area contributed by atoms with Crippen molar-refractivity contribution in [1.29, 1.82) is 0 Å². The average Bonchev–Trinajstić information content (AvgIpc) is 3.25. The van der Waals surface area contributed by atoms with Crippen LogP contribution in [-0.4, -0.2) is 57.2 Å². The van der Waals surface area contributed by atoms with Crippen molar-refractivity contribution >= 4 is 32.6 Å². The van der Waals surface area contributed by atoms with E-state index in [9.17, 15) is 4.79 Å². The molecule has 3 aromatic heterocycles. The van der Waals surface area contributed by atoms with Gasteiger partial charge in [-0.2, -0.15) is 5.10 Å². The van der Waals surface area contributed by atoms with Gasteiger partial charge in [-0.15, -0.1) is 0 Å². The molecule has 0 bridgehead atoms. The van der Waals surface area contributed by atoms with Gasteiger partial charge in [0, 0.05) is 45.6 Å². The van der Waals surface area contributed by atoms with Gasteiger partial charge in [-0.25, -0.2) is 4.98 Å². The van der Waals surface area contributed by atoms with E-state index in [0.29, 0.717) is 11.6 Å². The van der Waals surface area contributed by atoms with Gasteiger partial charge in [0.05, 0.1) is 10.9 Å². The van der Waals surface area contributed by atoms with Crippen LogP contribution < -0.4 is 4.90 Å². The lowest BCUT2D eigenvalue weighted by molar-refractivity contribution is 0.0758. The summed E-state index contributed by atoms with van der Waals surface area (Å²) in [5.41, 5.74) is 2.49. The molecule has 7 nitrogen and oxygen atoms in total. The highest BCUT2D eigenvalue weighted by Crippen LogP contribution is 2.31. The molecule has 4 heterocycles. The second kappa shape index (κ2) is 7.26. The van der Waals surface area contributed by atoms with Crippen molar-refractivity contribution in [2.75, 3.05) is 31.6 Å². The molecular weight excluding hydrogens is 360 g/mol. The maximum Gasteiger partial charge on any atom is 0.274 e. The number of aryl methyl sites for hydroxylation is 2. The molecule has 0 saturated carbocycles. The molecule has 1 aliphatic heterocycles. The van der Waals surface area contributed by atoms with Crippen molar-refractivity contribution < 1.29 is 4.79 Å². The number of aromatic nitrogens is 4. The van der Waals surface area contributed by atoms with Crippen molar-refractivity contribution in [2.45, 2.75) is 19.8 Å². The first-order valence-corrected chi connectivity index (χ1v) is 10.0. The number of carbonyl (C=O) groups excluding carboxylic acids is 1. The van der Waals surface area contributed by atoms with E-state index < -0.39 is 0 Å². The Hall–Kier alpha value is -2.48. The number of piperidine rings is 1. The van der Waals surface area contributed by atoms with Crippen LogP contribution in [0.4, 0.5) is 5.13 Å². The molecule has 0 aliphatic carbocycles. The number of fused-ring (bicyclic) bond motifs is 1. The maximum absolute atomic E-state index is 12.6. The number of thiazole rings is 1. The molecule has 0 aromatic carbocycles. The summed E-state index contributed by atoms with van der Waals surface area (Å²) in [7, 11) is 3.74. The first kappa shape index (κ1) is 17.9. The summed E-state index contributed by atoms with van der Waals surface area (Å²) in [4.78, 5) is 25.6. The first-order valence-electron chi connectivity index (χ1n) is 9.23. The van der Waals surface area contributed by atoms with Crippen LogP contribution in [-0.2, 0) is 7.05 Å². The number of carbonyl (C=O) groups is 1. The highest BCUT2D eigenvalue weighted by molar-refractivity contribution is 7.22. The van der Waals surface area contributed by atoms with Crippen LogP contribution in [0.15, 0.2) is 24.5 Å². The van der Waals surface area contributed by atoms with E-state index in [1.54, 1.807) is 16.0 Å². The number of nitrogens with zero attached hydrogens (tertiary/aromatic N) is 6. The Bertz CT molecular complexity index is 904. The summed E-state index contributed by atoms with van der Waals surface area (Å²) in [6.45, 7) is 4.68. The molecule has 1 fully saturated rings. The van der Waals surface area contributed by atoms with Crippen LogP contribution >= 0.6 is 11.3 Å².